The fraction of sp³-hybridized carbons (Fsp3) is 0.440. The molecule has 7 nitrogen and oxygen atoms in total. The van der Waals surface area contributed by atoms with Crippen molar-refractivity contribution in [2.75, 3.05) is 40.4 Å². The number of guanidine groups is 1. The SMILES string of the molecule is CCOc1cc(CNC(=NC)NCC2CC(=O)N(CCc3ccccc3)C2)ccc1OC.I. The molecule has 180 valence electrons. The van der Waals surface area contributed by atoms with E-state index in [9.17, 15) is 4.79 Å². The Morgan fingerprint density at radius 3 is 2.61 bits per heavy atom. The van der Waals surface area contributed by atoms with Gasteiger partial charge in [-0.05, 0) is 36.6 Å². The van der Waals surface area contributed by atoms with Crippen LogP contribution in [0, 0.1) is 5.92 Å². The number of methoxy groups -OCH3 is 1. The van der Waals surface area contributed by atoms with Gasteiger partial charge in [0.15, 0.2) is 17.5 Å². The summed E-state index contributed by atoms with van der Waals surface area (Å²) < 4.78 is 11.0. The van der Waals surface area contributed by atoms with Gasteiger partial charge in [-0.2, -0.15) is 0 Å². The molecule has 1 atom stereocenters. The Bertz CT molecular complexity index is 908. The number of benzene rings is 2. The van der Waals surface area contributed by atoms with Crippen molar-refractivity contribution in [2.24, 2.45) is 10.9 Å². The number of amides is 1. The Balaban J connectivity index is 0.00000385. The third-order valence-corrected chi connectivity index (χ3v) is 5.58. The van der Waals surface area contributed by atoms with Gasteiger partial charge in [0.05, 0.1) is 13.7 Å². The summed E-state index contributed by atoms with van der Waals surface area (Å²) in [5.74, 6) is 2.69. The fourth-order valence-corrected chi connectivity index (χ4v) is 3.86. The molecule has 1 unspecified atom stereocenters. The average Bonchev–Trinajstić information content (AvgIpc) is 3.18. The van der Waals surface area contributed by atoms with Gasteiger partial charge in [0.2, 0.25) is 5.91 Å². The van der Waals surface area contributed by atoms with Crippen LogP contribution in [0.5, 0.6) is 11.5 Å². The summed E-state index contributed by atoms with van der Waals surface area (Å²) in [6.45, 7) is 5.40. The van der Waals surface area contributed by atoms with Gasteiger partial charge in [0.25, 0.3) is 0 Å². The van der Waals surface area contributed by atoms with E-state index in [1.54, 1.807) is 14.2 Å². The Kier molecular flexibility index (Phi) is 11.3. The first-order valence-electron chi connectivity index (χ1n) is 11.2. The zero-order chi connectivity index (χ0) is 22.8. The summed E-state index contributed by atoms with van der Waals surface area (Å²) in [4.78, 5) is 18.7. The lowest BCUT2D eigenvalue weighted by Crippen LogP contribution is -2.40. The van der Waals surface area contributed by atoms with Crippen LogP contribution in [-0.4, -0.2) is 57.2 Å². The summed E-state index contributed by atoms with van der Waals surface area (Å²) in [6, 6.07) is 16.2. The monoisotopic (exact) mass is 566 g/mol. The molecule has 3 rings (SSSR count). The van der Waals surface area contributed by atoms with Crippen molar-refractivity contribution in [1.82, 2.24) is 15.5 Å². The number of likely N-dealkylation sites (tertiary alicyclic amines) is 1. The molecular weight excluding hydrogens is 531 g/mol. The van der Waals surface area contributed by atoms with E-state index in [0.29, 0.717) is 32.1 Å². The molecule has 1 amide bonds. The van der Waals surface area contributed by atoms with Crippen LogP contribution < -0.4 is 20.1 Å². The molecule has 8 heteroatoms. The van der Waals surface area contributed by atoms with Crippen molar-refractivity contribution in [1.29, 1.82) is 0 Å². The quantitative estimate of drug-likeness (QED) is 0.262. The van der Waals surface area contributed by atoms with E-state index in [-0.39, 0.29) is 35.8 Å². The van der Waals surface area contributed by atoms with E-state index in [1.807, 2.05) is 48.2 Å². The van der Waals surface area contributed by atoms with Gasteiger partial charge in [-0.25, -0.2) is 0 Å². The van der Waals surface area contributed by atoms with Crippen LogP contribution in [0.15, 0.2) is 53.5 Å². The topological polar surface area (TPSA) is 75.2 Å². The zero-order valence-corrected chi connectivity index (χ0v) is 22.0. The second kappa shape index (κ2) is 13.9. The van der Waals surface area contributed by atoms with Crippen molar-refractivity contribution >= 4 is 35.8 Å². The smallest absolute Gasteiger partial charge is 0.223 e. The van der Waals surface area contributed by atoms with Crippen LogP contribution in [0.1, 0.15) is 24.5 Å². The van der Waals surface area contributed by atoms with Gasteiger partial charge in [0.1, 0.15) is 0 Å². The molecule has 1 fully saturated rings. The molecule has 0 radical (unpaired) electrons. The maximum absolute atomic E-state index is 12.4. The second-order valence-electron chi connectivity index (χ2n) is 7.87. The van der Waals surface area contributed by atoms with E-state index >= 15 is 0 Å². The number of carbonyl (C=O) groups excluding carboxylic acids is 1. The molecule has 33 heavy (non-hydrogen) atoms. The number of hydrogen-bond acceptors (Lipinski definition) is 4. The van der Waals surface area contributed by atoms with Crippen LogP contribution >= 0.6 is 24.0 Å². The molecule has 2 aromatic carbocycles. The Morgan fingerprint density at radius 2 is 1.91 bits per heavy atom. The van der Waals surface area contributed by atoms with Gasteiger partial charge >= 0.3 is 0 Å². The Hall–Kier alpha value is -2.49. The lowest BCUT2D eigenvalue weighted by molar-refractivity contribution is -0.127. The van der Waals surface area contributed by atoms with Crippen molar-refractivity contribution in [2.45, 2.75) is 26.3 Å². The first-order chi connectivity index (χ1) is 15.6. The van der Waals surface area contributed by atoms with Crippen LogP contribution in [0.4, 0.5) is 0 Å². The fourth-order valence-electron chi connectivity index (χ4n) is 3.86. The summed E-state index contributed by atoms with van der Waals surface area (Å²) in [6.07, 6.45) is 1.47. The van der Waals surface area contributed by atoms with Gasteiger partial charge in [-0.15, -0.1) is 24.0 Å². The molecule has 1 heterocycles. The van der Waals surface area contributed by atoms with Gasteiger partial charge < -0.3 is 25.0 Å². The highest BCUT2D eigenvalue weighted by molar-refractivity contribution is 14.0. The highest BCUT2D eigenvalue weighted by atomic mass is 127. The molecule has 1 aliphatic rings. The molecule has 0 spiro atoms. The minimum atomic E-state index is 0. The highest BCUT2D eigenvalue weighted by Crippen LogP contribution is 2.28. The number of aliphatic imine (C=N–C) groups is 1. The second-order valence-corrected chi connectivity index (χ2v) is 7.87. The molecule has 0 aromatic heterocycles. The molecule has 0 bridgehead atoms. The number of nitrogens with zero attached hydrogens (tertiary/aromatic N) is 2. The van der Waals surface area contributed by atoms with E-state index < -0.39 is 0 Å². The van der Waals surface area contributed by atoms with Crippen LogP contribution in [-0.2, 0) is 17.8 Å². The normalized spacial score (nSPS) is 15.7. The van der Waals surface area contributed by atoms with Crippen molar-refractivity contribution < 1.29 is 14.3 Å². The molecule has 1 aliphatic heterocycles. The lowest BCUT2D eigenvalue weighted by Gasteiger charge is -2.18. The maximum atomic E-state index is 12.4. The molecule has 2 N–H and O–H groups in total. The van der Waals surface area contributed by atoms with E-state index in [1.165, 1.54) is 5.56 Å². The number of carbonyl (C=O) groups is 1. The molecule has 1 saturated heterocycles. The summed E-state index contributed by atoms with van der Waals surface area (Å²) in [5.41, 5.74) is 2.33. The van der Waals surface area contributed by atoms with Gasteiger partial charge in [-0.3, -0.25) is 9.79 Å². The molecule has 2 aromatic rings. The number of hydrogen-bond donors (Lipinski definition) is 2. The third-order valence-electron chi connectivity index (χ3n) is 5.58. The zero-order valence-electron chi connectivity index (χ0n) is 19.7. The Morgan fingerprint density at radius 1 is 1.12 bits per heavy atom. The van der Waals surface area contributed by atoms with Crippen molar-refractivity contribution in [3.05, 3.63) is 59.7 Å². The minimum Gasteiger partial charge on any atom is -0.493 e. The van der Waals surface area contributed by atoms with Crippen molar-refractivity contribution in [3.8, 4) is 11.5 Å². The molecular formula is C25H35IN4O3. The largest absolute Gasteiger partial charge is 0.493 e. The van der Waals surface area contributed by atoms with E-state index in [2.05, 4.69) is 27.8 Å². The number of halogens is 1. The third kappa shape index (κ3) is 8.10. The predicted molar refractivity (Wildman–Crippen MR) is 143 cm³/mol. The van der Waals surface area contributed by atoms with Gasteiger partial charge in [0, 0.05) is 45.6 Å². The number of ether oxygens (including phenoxy) is 2. The standard InChI is InChI=1S/C25H34N4O3.HI/c1-4-32-23-14-20(10-11-22(23)31-3)16-27-25(26-2)28-17-21-15-24(30)29(18-21)13-12-19-8-6-5-7-9-19;/h5-11,14,21H,4,12-13,15-18H2,1-3H3,(H2,26,27,28);1H. The minimum absolute atomic E-state index is 0. The Labute approximate surface area is 214 Å². The predicted octanol–water partition coefficient (Wildman–Crippen LogP) is 3.47. The summed E-state index contributed by atoms with van der Waals surface area (Å²) >= 11 is 0. The maximum Gasteiger partial charge on any atom is 0.223 e. The first kappa shape index (κ1) is 26.8. The number of nitrogens with one attached hydrogen (secondary N) is 2. The van der Waals surface area contributed by atoms with Crippen LogP contribution in [0.3, 0.4) is 0 Å². The summed E-state index contributed by atoms with van der Waals surface area (Å²) in [7, 11) is 3.39. The average molecular weight is 566 g/mol. The van der Waals surface area contributed by atoms with Crippen LogP contribution in [0.2, 0.25) is 0 Å². The molecule has 0 aliphatic carbocycles. The van der Waals surface area contributed by atoms with E-state index in [0.717, 1.165) is 36.6 Å². The summed E-state index contributed by atoms with van der Waals surface area (Å²) in [5, 5.41) is 6.69. The number of rotatable bonds is 10. The lowest BCUT2D eigenvalue weighted by atomic mass is 10.1. The van der Waals surface area contributed by atoms with E-state index in [4.69, 9.17) is 9.47 Å². The first-order valence-corrected chi connectivity index (χ1v) is 11.2. The molecule has 0 saturated carbocycles. The van der Waals surface area contributed by atoms with Gasteiger partial charge in [-0.1, -0.05) is 36.4 Å². The van der Waals surface area contributed by atoms with Crippen LogP contribution in [0.25, 0.3) is 0 Å². The highest BCUT2D eigenvalue weighted by Gasteiger charge is 2.29. The van der Waals surface area contributed by atoms with Crippen molar-refractivity contribution in [3.63, 3.8) is 0 Å².